The molecule has 0 aromatic heterocycles. The van der Waals surface area contributed by atoms with E-state index in [1.807, 2.05) is 59.5 Å². The molecule has 1 aliphatic carbocycles. The number of carbonyl (C=O) groups excluding carboxylic acids is 2. The maximum absolute atomic E-state index is 13.6. The summed E-state index contributed by atoms with van der Waals surface area (Å²) in [4.78, 5) is 28.0. The van der Waals surface area contributed by atoms with Crippen molar-refractivity contribution in [3.63, 3.8) is 0 Å². The molecule has 0 unspecified atom stereocenters. The van der Waals surface area contributed by atoms with Crippen molar-refractivity contribution in [3.05, 3.63) is 60.2 Å². The van der Waals surface area contributed by atoms with Gasteiger partial charge in [0.05, 0.1) is 5.69 Å². The molecule has 0 bridgehead atoms. The number of anilines is 1. The molecule has 0 spiro atoms. The van der Waals surface area contributed by atoms with Gasteiger partial charge in [-0.2, -0.15) is 0 Å². The Labute approximate surface area is 191 Å². The van der Waals surface area contributed by atoms with Crippen LogP contribution >= 0.6 is 12.6 Å². The Kier molecular flexibility index (Phi) is 8.59. The van der Waals surface area contributed by atoms with Crippen molar-refractivity contribution in [3.8, 4) is 5.75 Å². The molecular formula is C26H33NO3S. The van der Waals surface area contributed by atoms with Crippen molar-refractivity contribution in [2.45, 2.75) is 58.5 Å². The highest BCUT2D eigenvalue weighted by Gasteiger charge is 2.31. The standard InChI is InChI=1S/C26H33NO3S/c1-19(2)17-18-27(25(28)20-11-5-3-6-12-20)23-16-10-9-15-22(23)24(26(29)31)30-21-13-7-4-8-14-21/h4,7-10,13-16,19-20,24H,3,5-6,11-12,17-18H2,1-2H3,(H,29,31)/t24-/m0/s1. The highest BCUT2D eigenvalue weighted by Crippen LogP contribution is 2.34. The molecule has 1 saturated carbocycles. The third-order valence-electron chi connectivity index (χ3n) is 5.88. The molecule has 31 heavy (non-hydrogen) atoms. The molecule has 1 amide bonds. The van der Waals surface area contributed by atoms with Crippen LogP contribution in [-0.4, -0.2) is 17.6 Å². The quantitative estimate of drug-likeness (QED) is 0.472. The zero-order chi connectivity index (χ0) is 22.2. The second-order valence-corrected chi connectivity index (χ2v) is 9.16. The van der Waals surface area contributed by atoms with Gasteiger partial charge in [0.1, 0.15) is 5.75 Å². The minimum atomic E-state index is -0.886. The Morgan fingerprint density at radius 3 is 2.29 bits per heavy atom. The van der Waals surface area contributed by atoms with Crippen molar-refractivity contribution in [1.29, 1.82) is 0 Å². The number of thiol groups is 1. The van der Waals surface area contributed by atoms with Crippen molar-refractivity contribution < 1.29 is 14.3 Å². The first-order chi connectivity index (χ1) is 15.0. The van der Waals surface area contributed by atoms with E-state index in [1.165, 1.54) is 6.42 Å². The monoisotopic (exact) mass is 439 g/mol. The van der Waals surface area contributed by atoms with E-state index in [9.17, 15) is 9.59 Å². The van der Waals surface area contributed by atoms with Crippen molar-refractivity contribution in [1.82, 2.24) is 0 Å². The van der Waals surface area contributed by atoms with Gasteiger partial charge in [-0.25, -0.2) is 0 Å². The van der Waals surface area contributed by atoms with Gasteiger partial charge in [0.2, 0.25) is 11.0 Å². The SMILES string of the molecule is CC(C)CCN(C(=O)C1CCCCC1)c1ccccc1[C@H](Oc1ccccc1)C(=O)S. The van der Waals surface area contributed by atoms with Crippen LogP contribution in [0.25, 0.3) is 0 Å². The smallest absolute Gasteiger partial charge is 0.231 e. The number of para-hydroxylation sites is 2. The van der Waals surface area contributed by atoms with E-state index in [-0.39, 0.29) is 16.9 Å². The zero-order valence-corrected chi connectivity index (χ0v) is 19.4. The van der Waals surface area contributed by atoms with Crippen LogP contribution in [0.15, 0.2) is 54.6 Å². The lowest BCUT2D eigenvalue weighted by Crippen LogP contribution is -2.39. The van der Waals surface area contributed by atoms with Gasteiger partial charge in [-0.05, 0) is 43.4 Å². The van der Waals surface area contributed by atoms with Gasteiger partial charge in [-0.1, -0.05) is 69.5 Å². The molecular weight excluding hydrogens is 406 g/mol. The van der Waals surface area contributed by atoms with Crippen LogP contribution in [0.4, 0.5) is 5.69 Å². The highest BCUT2D eigenvalue weighted by atomic mass is 32.1. The van der Waals surface area contributed by atoms with Gasteiger partial charge >= 0.3 is 0 Å². The topological polar surface area (TPSA) is 46.6 Å². The molecule has 0 saturated heterocycles. The predicted molar refractivity (Wildman–Crippen MR) is 129 cm³/mol. The number of nitrogens with zero attached hydrogens (tertiary/aromatic N) is 1. The number of carbonyl (C=O) groups is 2. The van der Waals surface area contributed by atoms with Crippen LogP contribution in [0, 0.1) is 11.8 Å². The molecule has 0 heterocycles. The van der Waals surface area contributed by atoms with Crippen LogP contribution in [0.3, 0.4) is 0 Å². The van der Waals surface area contributed by atoms with Crippen molar-refractivity contribution in [2.75, 3.05) is 11.4 Å². The molecule has 0 N–H and O–H groups in total. The van der Waals surface area contributed by atoms with E-state index in [0.717, 1.165) is 37.8 Å². The number of rotatable bonds is 9. The third kappa shape index (κ3) is 6.36. The third-order valence-corrected chi connectivity index (χ3v) is 6.12. The molecule has 3 rings (SSSR count). The minimum absolute atomic E-state index is 0.0502. The van der Waals surface area contributed by atoms with Gasteiger partial charge in [0.25, 0.3) is 0 Å². The number of amides is 1. The summed E-state index contributed by atoms with van der Waals surface area (Å²) in [5.74, 6) is 1.28. The Hall–Kier alpha value is -2.27. The lowest BCUT2D eigenvalue weighted by Gasteiger charge is -2.32. The fraction of sp³-hybridized carbons (Fsp3) is 0.462. The maximum atomic E-state index is 13.6. The zero-order valence-electron chi connectivity index (χ0n) is 18.5. The number of hydrogen-bond donors (Lipinski definition) is 1. The van der Waals surface area contributed by atoms with E-state index >= 15 is 0 Å². The van der Waals surface area contributed by atoms with E-state index in [4.69, 9.17) is 4.74 Å². The predicted octanol–water partition coefficient (Wildman–Crippen LogP) is 6.22. The molecule has 4 nitrogen and oxygen atoms in total. The normalized spacial score (nSPS) is 15.5. The van der Waals surface area contributed by atoms with Crippen LogP contribution in [0.1, 0.15) is 64.0 Å². The molecule has 0 aliphatic heterocycles. The number of benzene rings is 2. The summed E-state index contributed by atoms with van der Waals surface area (Å²) in [6.45, 7) is 4.95. The van der Waals surface area contributed by atoms with Gasteiger partial charge in [0.15, 0.2) is 6.10 Å². The first-order valence-corrected chi connectivity index (χ1v) is 11.8. The van der Waals surface area contributed by atoms with E-state index in [2.05, 4.69) is 26.5 Å². The summed E-state index contributed by atoms with van der Waals surface area (Å²) in [6.07, 6.45) is 5.29. The Morgan fingerprint density at radius 1 is 1.00 bits per heavy atom. The maximum Gasteiger partial charge on any atom is 0.231 e. The Balaban J connectivity index is 1.96. The molecule has 1 fully saturated rings. The van der Waals surface area contributed by atoms with E-state index in [0.29, 0.717) is 23.8 Å². The average Bonchev–Trinajstić information content (AvgIpc) is 2.79. The van der Waals surface area contributed by atoms with Crippen LogP contribution in [0.2, 0.25) is 0 Å². The molecule has 5 heteroatoms. The summed E-state index contributed by atoms with van der Waals surface area (Å²) in [6, 6.07) is 16.8. The van der Waals surface area contributed by atoms with Crippen LogP contribution < -0.4 is 9.64 Å². The van der Waals surface area contributed by atoms with Crippen molar-refractivity contribution in [2.24, 2.45) is 11.8 Å². The summed E-state index contributed by atoms with van der Waals surface area (Å²) in [5, 5.41) is -0.384. The number of ether oxygens (including phenoxy) is 1. The average molecular weight is 440 g/mol. The molecule has 2 aromatic carbocycles. The summed E-state index contributed by atoms with van der Waals surface area (Å²) in [7, 11) is 0. The highest BCUT2D eigenvalue weighted by molar-refractivity contribution is 7.96. The lowest BCUT2D eigenvalue weighted by molar-refractivity contribution is -0.123. The summed E-state index contributed by atoms with van der Waals surface area (Å²) < 4.78 is 6.04. The van der Waals surface area contributed by atoms with Crippen molar-refractivity contribution >= 4 is 29.3 Å². The molecule has 2 aromatic rings. The van der Waals surface area contributed by atoms with E-state index < -0.39 is 6.10 Å². The summed E-state index contributed by atoms with van der Waals surface area (Å²) in [5.41, 5.74) is 1.43. The largest absolute Gasteiger partial charge is 0.477 e. The molecule has 1 aliphatic rings. The Morgan fingerprint density at radius 2 is 1.65 bits per heavy atom. The first kappa shape index (κ1) is 23.4. The first-order valence-electron chi connectivity index (χ1n) is 11.3. The van der Waals surface area contributed by atoms with Crippen LogP contribution in [0.5, 0.6) is 5.75 Å². The van der Waals surface area contributed by atoms with E-state index in [1.54, 1.807) is 0 Å². The fourth-order valence-electron chi connectivity index (χ4n) is 4.14. The fourth-order valence-corrected chi connectivity index (χ4v) is 4.34. The van der Waals surface area contributed by atoms with Gasteiger partial charge in [-0.3, -0.25) is 9.59 Å². The Bertz CT molecular complexity index is 862. The second kappa shape index (κ2) is 11.4. The molecule has 0 radical (unpaired) electrons. The van der Waals surface area contributed by atoms with Gasteiger partial charge in [0, 0.05) is 18.0 Å². The minimum Gasteiger partial charge on any atom is -0.477 e. The molecule has 1 atom stereocenters. The summed E-state index contributed by atoms with van der Waals surface area (Å²) >= 11 is 4.12. The second-order valence-electron chi connectivity index (χ2n) is 8.72. The van der Waals surface area contributed by atoms with Gasteiger partial charge < -0.3 is 9.64 Å². The van der Waals surface area contributed by atoms with Crippen LogP contribution in [-0.2, 0) is 9.59 Å². The van der Waals surface area contributed by atoms with Gasteiger partial charge in [-0.15, -0.1) is 12.6 Å². The lowest BCUT2D eigenvalue weighted by atomic mass is 9.87. The number of hydrogen-bond acceptors (Lipinski definition) is 3. The molecule has 166 valence electrons.